The highest BCUT2D eigenvalue weighted by molar-refractivity contribution is 9.10. The molecule has 1 aliphatic carbocycles. The number of rotatable bonds is 4. The van der Waals surface area contributed by atoms with Crippen LogP contribution >= 0.6 is 27.3 Å². The summed E-state index contributed by atoms with van der Waals surface area (Å²) in [4.78, 5) is 15.1. The Labute approximate surface area is 148 Å². The van der Waals surface area contributed by atoms with Crippen molar-refractivity contribution in [2.75, 3.05) is 13.1 Å². The van der Waals surface area contributed by atoms with Crippen LogP contribution in [0, 0.1) is 5.41 Å². The van der Waals surface area contributed by atoms with E-state index in [-0.39, 0.29) is 5.91 Å². The fraction of sp³-hybridized carbons (Fsp3) is 0.471. The van der Waals surface area contributed by atoms with Gasteiger partial charge in [0.2, 0.25) is 5.76 Å². The van der Waals surface area contributed by atoms with Gasteiger partial charge in [-0.1, -0.05) is 0 Å². The largest absolute Gasteiger partial charge is 0.458 e. The summed E-state index contributed by atoms with van der Waals surface area (Å²) in [6, 6.07) is 4.21. The monoisotopic (exact) mass is 394 g/mol. The van der Waals surface area contributed by atoms with Gasteiger partial charge in [-0.3, -0.25) is 4.79 Å². The first kappa shape index (κ1) is 15.4. The molecule has 2 aliphatic rings. The zero-order valence-electron chi connectivity index (χ0n) is 12.8. The van der Waals surface area contributed by atoms with E-state index in [1.54, 1.807) is 23.7 Å². The summed E-state index contributed by atoms with van der Waals surface area (Å²) in [5.74, 6) is 0.407. The van der Waals surface area contributed by atoms with Crippen LogP contribution in [0.25, 0.3) is 0 Å². The zero-order chi connectivity index (χ0) is 15.9. The third kappa shape index (κ3) is 2.88. The second-order valence-electron chi connectivity index (χ2n) is 6.49. The van der Waals surface area contributed by atoms with Gasteiger partial charge in [0, 0.05) is 12.6 Å². The van der Waals surface area contributed by atoms with Gasteiger partial charge in [0.05, 0.1) is 10.7 Å². The molecular weight excluding hydrogens is 376 g/mol. The maximum atomic E-state index is 13.1. The number of amides is 1. The molecule has 0 radical (unpaired) electrons. The number of hydrogen-bond donors (Lipinski definition) is 1. The summed E-state index contributed by atoms with van der Waals surface area (Å²) in [6.45, 7) is 2.78. The van der Waals surface area contributed by atoms with Crippen LogP contribution in [0.3, 0.4) is 0 Å². The van der Waals surface area contributed by atoms with Crippen LogP contribution in [0.2, 0.25) is 0 Å². The van der Waals surface area contributed by atoms with Gasteiger partial charge in [-0.15, -0.1) is 0 Å². The number of piperidine rings is 1. The molecule has 4 nitrogen and oxygen atoms in total. The van der Waals surface area contributed by atoms with Crippen LogP contribution in [0.1, 0.15) is 35.4 Å². The second-order valence-corrected chi connectivity index (χ2v) is 8.13. The van der Waals surface area contributed by atoms with Crippen molar-refractivity contribution < 1.29 is 9.21 Å². The molecule has 6 heteroatoms. The van der Waals surface area contributed by atoms with Crippen LogP contribution in [0.5, 0.6) is 0 Å². The minimum Gasteiger partial charge on any atom is -0.458 e. The summed E-state index contributed by atoms with van der Waals surface area (Å²) in [5.41, 5.74) is 1.51. The van der Waals surface area contributed by atoms with E-state index >= 15 is 0 Å². The maximum Gasteiger partial charge on any atom is 0.291 e. The number of furan rings is 1. The van der Waals surface area contributed by atoms with Crippen molar-refractivity contribution in [1.82, 2.24) is 10.2 Å². The lowest BCUT2D eigenvalue weighted by atomic mass is 9.93. The van der Waals surface area contributed by atoms with Gasteiger partial charge in [0.25, 0.3) is 5.91 Å². The van der Waals surface area contributed by atoms with Crippen LogP contribution < -0.4 is 5.32 Å². The smallest absolute Gasteiger partial charge is 0.291 e. The molecule has 4 rings (SSSR count). The fourth-order valence-electron chi connectivity index (χ4n) is 3.71. The van der Waals surface area contributed by atoms with Crippen molar-refractivity contribution in [2.24, 2.45) is 5.41 Å². The number of carbonyl (C=O) groups excluding carboxylic acids is 1. The molecule has 1 N–H and O–H groups in total. The fourth-order valence-corrected chi connectivity index (χ4v) is 4.74. The number of carbonyl (C=O) groups is 1. The predicted octanol–water partition coefficient (Wildman–Crippen LogP) is 3.89. The Balaban J connectivity index is 1.59. The molecule has 2 aromatic rings. The SMILES string of the molecule is O=C(c1occc1Br)N(Cc1ccsc1)C1CC12CCNCC2. The minimum atomic E-state index is -0.00603. The van der Waals surface area contributed by atoms with Gasteiger partial charge < -0.3 is 14.6 Å². The van der Waals surface area contributed by atoms with Gasteiger partial charge in [-0.2, -0.15) is 11.3 Å². The Bertz CT molecular complexity index is 691. The third-order valence-electron chi connectivity index (χ3n) is 5.13. The molecule has 2 fully saturated rings. The van der Waals surface area contributed by atoms with E-state index < -0.39 is 0 Å². The molecule has 1 saturated carbocycles. The number of nitrogens with one attached hydrogen (secondary N) is 1. The molecule has 0 bridgehead atoms. The average Bonchev–Trinajstić information content (AvgIpc) is 2.97. The average molecular weight is 395 g/mol. The molecule has 3 heterocycles. The topological polar surface area (TPSA) is 45.5 Å². The Morgan fingerprint density at radius 2 is 2.26 bits per heavy atom. The molecule has 0 aromatic carbocycles. The van der Waals surface area contributed by atoms with E-state index in [4.69, 9.17) is 4.42 Å². The highest BCUT2D eigenvalue weighted by atomic mass is 79.9. The highest BCUT2D eigenvalue weighted by Gasteiger charge is 2.58. The van der Waals surface area contributed by atoms with E-state index in [1.165, 1.54) is 5.56 Å². The predicted molar refractivity (Wildman–Crippen MR) is 93.5 cm³/mol. The molecule has 1 unspecified atom stereocenters. The minimum absolute atomic E-state index is 0.00603. The molecule has 23 heavy (non-hydrogen) atoms. The van der Waals surface area contributed by atoms with Gasteiger partial charge in [-0.25, -0.2) is 0 Å². The van der Waals surface area contributed by atoms with Gasteiger partial charge in [0.1, 0.15) is 0 Å². The van der Waals surface area contributed by atoms with Crippen LogP contribution in [0.4, 0.5) is 0 Å². The van der Waals surface area contributed by atoms with E-state index in [1.807, 2.05) is 4.90 Å². The standard InChI is InChI=1S/C17H19BrN2O2S/c18-13-1-7-22-15(13)16(21)20(10-12-2-8-23-11-12)14-9-17(14)3-5-19-6-4-17/h1-2,7-8,11,14,19H,3-6,9-10H2. The van der Waals surface area contributed by atoms with Crippen molar-refractivity contribution in [2.45, 2.75) is 31.8 Å². The van der Waals surface area contributed by atoms with Gasteiger partial charge >= 0.3 is 0 Å². The zero-order valence-corrected chi connectivity index (χ0v) is 15.2. The Morgan fingerprint density at radius 3 is 2.91 bits per heavy atom. The molecular formula is C17H19BrN2O2S. The van der Waals surface area contributed by atoms with Crippen LogP contribution in [-0.2, 0) is 6.54 Å². The van der Waals surface area contributed by atoms with Crippen molar-refractivity contribution in [3.05, 3.63) is 45.0 Å². The maximum absolute atomic E-state index is 13.1. The molecule has 1 saturated heterocycles. The molecule has 122 valence electrons. The Kier molecular flexibility index (Phi) is 4.07. The van der Waals surface area contributed by atoms with E-state index in [2.05, 4.69) is 38.1 Å². The molecule has 1 spiro atoms. The lowest BCUT2D eigenvalue weighted by Crippen LogP contribution is -2.39. The van der Waals surface area contributed by atoms with Crippen LogP contribution in [0.15, 0.2) is 38.0 Å². The Morgan fingerprint density at radius 1 is 1.43 bits per heavy atom. The molecule has 1 amide bonds. The number of hydrogen-bond acceptors (Lipinski definition) is 4. The van der Waals surface area contributed by atoms with Crippen molar-refractivity contribution in [1.29, 1.82) is 0 Å². The number of thiophene rings is 1. The van der Waals surface area contributed by atoms with Gasteiger partial charge in [0.15, 0.2) is 0 Å². The summed E-state index contributed by atoms with van der Waals surface area (Å²) in [6.07, 6.45) is 4.99. The van der Waals surface area contributed by atoms with Crippen molar-refractivity contribution in [3.63, 3.8) is 0 Å². The first-order valence-electron chi connectivity index (χ1n) is 7.95. The van der Waals surface area contributed by atoms with E-state index in [0.29, 0.717) is 23.8 Å². The molecule has 1 atom stereocenters. The quantitative estimate of drug-likeness (QED) is 0.855. The van der Waals surface area contributed by atoms with E-state index in [9.17, 15) is 4.79 Å². The van der Waals surface area contributed by atoms with Crippen LogP contribution in [-0.4, -0.2) is 29.9 Å². The second kappa shape index (κ2) is 6.07. The van der Waals surface area contributed by atoms with Crippen molar-refractivity contribution >= 4 is 33.2 Å². The number of halogens is 1. The lowest BCUT2D eigenvalue weighted by molar-refractivity contribution is 0.0658. The Hall–Kier alpha value is -1.11. The molecule has 2 aromatic heterocycles. The normalized spacial score (nSPS) is 22.2. The summed E-state index contributed by atoms with van der Waals surface area (Å²) in [7, 11) is 0. The van der Waals surface area contributed by atoms with E-state index in [0.717, 1.165) is 36.8 Å². The summed E-state index contributed by atoms with van der Waals surface area (Å²) < 4.78 is 6.17. The summed E-state index contributed by atoms with van der Waals surface area (Å²) >= 11 is 5.09. The van der Waals surface area contributed by atoms with Gasteiger partial charge in [-0.05, 0) is 82.2 Å². The summed E-state index contributed by atoms with van der Waals surface area (Å²) in [5, 5.41) is 7.61. The third-order valence-corrected chi connectivity index (χ3v) is 6.48. The lowest BCUT2D eigenvalue weighted by Gasteiger charge is -2.29. The first-order chi connectivity index (χ1) is 11.2. The molecule has 1 aliphatic heterocycles. The highest BCUT2D eigenvalue weighted by Crippen LogP contribution is 2.56. The van der Waals surface area contributed by atoms with Crippen molar-refractivity contribution in [3.8, 4) is 0 Å². The first-order valence-corrected chi connectivity index (χ1v) is 9.69. The number of nitrogens with zero attached hydrogens (tertiary/aromatic N) is 1.